The summed E-state index contributed by atoms with van der Waals surface area (Å²) in [5, 5.41) is 0. The number of ether oxygens (including phenoxy) is 1. The number of likely N-dealkylation sites (N-methyl/N-ethyl adjacent to an activating group) is 1. The van der Waals surface area contributed by atoms with Gasteiger partial charge in [0.2, 0.25) is 5.91 Å². The summed E-state index contributed by atoms with van der Waals surface area (Å²) in [4.78, 5) is 28.0. The van der Waals surface area contributed by atoms with Crippen molar-refractivity contribution in [2.24, 2.45) is 0 Å². The Hall–Kier alpha value is -1.88. The predicted octanol–water partition coefficient (Wildman–Crippen LogP) is 2.06. The third kappa shape index (κ3) is 3.08. The number of anilines is 1. The van der Waals surface area contributed by atoms with E-state index < -0.39 is 0 Å². The minimum Gasteiger partial charge on any atom is -0.494 e. The fourth-order valence-electron chi connectivity index (χ4n) is 2.69. The maximum atomic E-state index is 12.5. The molecule has 0 saturated carbocycles. The van der Waals surface area contributed by atoms with Crippen molar-refractivity contribution < 1.29 is 14.3 Å². The lowest BCUT2D eigenvalue weighted by Crippen LogP contribution is -2.41. The Morgan fingerprint density at radius 1 is 1.14 bits per heavy atom. The lowest BCUT2D eigenvalue weighted by molar-refractivity contribution is -0.122. The van der Waals surface area contributed by atoms with Crippen LogP contribution in [0.1, 0.15) is 27.2 Å². The molecule has 2 rings (SSSR count). The number of rotatable bonds is 6. The quantitative estimate of drug-likeness (QED) is 0.753. The summed E-state index contributed by atoms with van der Waals surface area (Å²) in [5.41, 5.74) is 0.614. The van der Waals surface area contributed by atoms with Gasteiger partial charge in [0, 0.05) is 0 Å². The molecular weight excluding hydrogens is 268 g/mol. The van der Waals surface area contributed by atoms with Gasteiger partial charge in [-0.15, -0.1) is 0 Å². The molecule has 0 unspecified atom stereocenters. The maximum Gasteiger partial charge on any atom is 0.251 e. The van der Waals surface area contributed by atoms with Crippen molar-refractivity contribution in [2.45, 2.75) is 33.2 Å². The van der Waals surface area contributed by atoms with Gasteiger partial charge < -0.3 is 4.74 Å². The smallest absolute Gasteiger partial charge is 0.251 e. The van der Waals surface area contributed by atoms with Gasteiger partial charge in [-0.25, -0.2) is 4.90 Å². The molecule has 1 atom stereocenters. The van der Waals surface area contributed by atoms with Crippen molar-refractivity contribution in [3.63, 3.8) is 0 Å². The van der Waals surface area contributed by atoms with Crippen molar-refractivity contribution in [1.82, 2.24) is 4.90 Å². The van der Waals surface area contributed by atoms with Crippen LogP contribution in [0.5, 0.6) is 5.75 Å². The molecular formula is C16H22N2O3. The fraction of sp³-hybridized carbons (Fsp3) is 0.500. The lowest BCUT2D eigenvalue weighted by atomic mass is 10.2. The molecule has 1 fully saturated rings. The fourth-order valence-corrected chi connectivity index (χ4v) is 2.69. The highest BCUT2D eigenvalue weighted by molar-refractivity contribution is 6.22. The second-order valence-corrected chi connectivity index (χ2v) is 4.94. The van der Waals surface area contributed by atoms with E-state index in [1.54, 1.807) is 24.3 Å². The number of carbonyl (C=O) groups is 2. The Morgan fingerprint density at radius 2 is 1.76 bits per heavy atom. The average molecular weight is 290 g/mol. The molecule has 0 spiro atoms. The van der Waals surface area contributed by atoms with Crippen LogP contribution >= 0.6 is 0 Å². The van der Waals surface area contributed by atoms with Crippen LogP contribution in [0, 0.1) is 0 Å². The van der Waals surface area contributed by atoms with E-state index in [2.05, 4.69) is 0 Å². The number of amides is 2. The Balaban J connectivity index is 2.19. The van der Waals surface area contributed by atoms with Gasteiger partial charge >= 0.3 is 0 Å². The van der Waals surface area contributed by atoms with Gasteiger partial charge in [0.15, 0.2) is 0 Å². The molecule has 2 amide bonds. The monoisotopic (exact) mass is 290 g/mol. The minimum atomic E-state index is -0.334. The summed E-state index contributed by atoms with van der Waals surface area (Å²) in [6.07, 6.45) is 0.258. The number of benzene rings is 1. The van der Waals surface area contributed by atoms with Crippen molar-refractivity contribution >= 4 is 17.5 Å². The van der Waals surface area contributed by atoms with E-state index in [1.807, 2.05) is 25.7 Å². The van der Waals surface area contributed by atoms with E-state index in [0.717, 1.165) is 18.8 Å². The van der Waals surface area contributed by atoms with E-state index >= 15 is 0 Å². The zero-order chi connectivity index (χ0) is 15.4. The Labute approximate surface area is 125 Å². The standard InChI is InChI=1S/C16H22N2O3/c1-4-17(5-2)14-11-15(19)18(16(14)20)12-7-9-13(10-8-12)21-6-3/h7-10,14H,4-6,11H2,1-3H3/t14-/m1/s1. The van der Waals surface area contributed by atoms with E-state index in [0.29, 0.717) is 12.3 Å². The molecule has 0 radical (unpaired) electrons. The minimum absolute atomic E-state index is 0.132. The molecule has 21 heavy (non-hydrogen) atoms. The highest BCUT2D eigenvalue weighted by Gasteiger charge is 2.41. The van der Waals surface area contributed by atoms with Crippen molar-refractivity contribution in [3.8, 4) is 5.75 Å². The van der Waals surface area contributed by atoms with Gasteiger partial charge in [-0.05, 0) is 44.3 Å². The Morgan fingerprint density at radius 3 is 2.29 bits per heavy atom. The first-order valence-corrected chi connectivity index (χ1v) is 7.46. The normalized spacial score (nSPS) is 18.7. The van der Waals surface area contributed by atoms with E-state index in [1.165, 1.54) is 4.90 Å². The molecule has 1 saturated heterocycles. The van der Waals surface area contributed by atoms with E-state index in [-0.39, 0.29) is 24.3 Å². The number of carbonyl (C=O) groups excluding carboxylic acids is 2. The zero-order valence-corrected chi connectivity index (χ0v) is 12.8. The van der Waals surface area contributed by atoms with Crippen LogP contribution in [0.3, 0.4) is 0 Å². The number of hydrogen-bond acceptors (Lipinski definition) is 4. The van der Waals surface area contributed by atoms with Gasteiger partial charge in [0.1, 0.15) is 5.75 Å². The highest BCUT2D eigenvalue weighted by atomic mass is 16.5. The number of hydrogen-bond donors (Lipinski definition) is 0. The lowest BCUT2D eigenvalue weighted by Gasteiger charge is -2.24. The van der Waals surface area contributed by atoms with Gasteiger partial charge in [-0.2, -0.15) is 0 Å². The first kappa shape index (κ1) is 15.5. The van der Waals surface area contributed by atoms with Gasteiger partial charge in [-0.1, -0.05) is 13.8 Å². The second-order valence-electron chi connectivity index (χ2n) is 4.94. The van der Waals surface area contributed by atoms with Crippen LogP contribution in [0.4, 0.5) is 5.69 Å². The molecule has 0 N–H and O–H groups in total. The molecule has 0 bridgehead atoms. The molecule has 0 aromatic heterocycles. The number of imide groups is 1. The van der Waals surface area contributed by atoms with E-state index in [4.69, 9.17) is 4.74 Å². The van der Waals surface area contributed by atoms with Crippen molar-refractivity contribution in [1.29, 1.82) is 0 Å². The Bertz CT molecular complexity index is 509. The third-order valence-corrected chi connectivity index (χ3v) is 3.78. The molecule has 114 valence electrons. The molecule has 1 aromatic carbocycles. The Kier molecular flexibility index (Phi) is 4.96. The van der Waals surface area contributed by atoms with Crippen LogP contribution < -0.4 is 9.64 Å². The summed E-state index contributed by atoms with van der Waals surface area (Å²) in [5.74, 6) is 0.467. The summed E-state index contributed by atoms with van der Waals surface area (Å²) < 4.78 is 5.37. The van der Waals surface area contributed by atoms with Crippen molar-refractivity contribution in [2.75, 3.05) is 24.6 Å². The van der Waals surface area contributed by atoms with Crippen molar-refractivity contribution in [3.05, 3.63) is 24.3 Å². The average Bonchev–Trinajstić information content (AvgIpc) is 2.77. The maximum absolute atomic E-state index is 12.5. The zero-order valence-electron chi connectivity index (χ0n) is 12.8. The second kappa shape index (κ2) is 6.72. The van der Waals surface area contributed by atoms with Crippen LogP contribution in [0.25, 0.3) is 0 Å². The van der Waals surface area contributed by atoms with Gasteiger partial charge in [0.25, 0.3) is 5.91 Å². The summed E-state index contributed by atoms with van der Waals surface area (Å²) in [7, 11) is 0. The van der Waals surface area contributed by atoms with Gasteiger partial charge in [0.05, 0.1) is 24.8 Å². The van der Waals surface area contributed by atoms with Crippen LogP contribution in [-0.2, 0) is 9.59 Å². The van der Waals surface area contributed by atoms with Crippen LogP contribution in [-0.4, -0.2) is 42.5 Å². The molecule has 1 aliphatic rings. The highest BCUT2D eigenvalue weighted by Crippen LogP contribution is 2.27. The predicted molar refractivity (Wildman–Crippen MR) is 81.4 cm³/mol. The van der Waals surface area contributed by atoms with Crippen LogP contribution in [0.15, 0.2) is 24.3 Å². The third-order valence-electron chi connectivity index (χ3n) is 3.78. The molecule has 5 heteroatoms. The number of nitrogens with zero attached hydrogens (tertiary/aromatic N) is 2. The summed E-state index contributed by atoms with van der Waals surface area (Å²) in [6.45, 7) is 8.03. The summed E-state index contributed by atoms with van der Waals surface area (Å²) in [6, 6.07) is 6.74. The molecule has 1 aliphatic heterocycles. The van der Waals surface area contributed by atoms with Crippen LogP contribution in [0.2, 0.25) is 0 Å². The molecule has 1 heterocycles. The van der Waals surface area contributed by atoms with E-state index in [9.17, 15) is 9.59 Å². The largest absolute Gasteiger partial charge is 0.494 e. The van der Waals surface area contributed by atoms with Gasteiger partial charge in [-0.3, -0.25) is 14.5 Å². The first-order valence-electron chi connectivity index (χ1n) is 7.46. The first-order chi connectivity index (χ1) is 10.1. The molecule has 0 aliphatic carbocycles. The molecule has 5 nitrogen and oxygen atoms in total. The molecule has 1 aromatic rings. The summed E-state index contributed by atoms with van der Waals surface area (Å²) >= 11 is 0. The SMILES string of the molecule is CCOc1ccc(N2C(=O)C[C@@H](N(CC)CC)C2=O)cc1. The topological polar surface area (TPSA) is 49.9 Å².